The van der Waals surface area contributed by atoms with Crippen LogP contribution in [0.3, 0.4) is 0 Å². The Hall–Kier alpha value is -2.75. The minimum atomic E-state index is -0.949. The smallest absolute Gasteiger partial charge is 0.412 e. The van der Waals surface area contributed by atoms with Crippen LogP contribution in [0.5, 0.6) is 5.75 Å². The molecule has 0 radical (unpaired) electrons. The number of hydrogen-bond donors (Lipinski definition) is 1. The van der Waals surface area contributed by atoms with Gasteiger partial charge in [0, 0.05) is 11.1 Å². The van der Waals surface area contributed by atoms with Gasteiger partial charge in [0.1, 0.15) is 5.75 Å². The van der Waals surface area contributed by atoms with Crippen molar-refractivity contribution in [2.24, 2.45) is 0 Å². The number of rotatable bonds is 2. The Morgan fingerprint density at radius 3 is 2.50 bits per heavy atom. The number of carboxylic acid groups (broad SMARTS) is 1. The molecule has 1 heterocycles. The topological polar surface area (TPSA) is 49.8 Å². The Balaban J connectivity index is 2.18. The molecule has 4 heteroatoms. The van der Waals surface area contributed by atoms with Gasteiger partial charge in [0.2, 0.25) is 0 Å². The summed E-state index contributed by atoms with van der Waals surface area (Å²) >= 11 is 0. The van der Waals surface area contributed by atoms with Crippen molar-refractivity contribution in [2.75, 3.05) is 12.0 Å². The average molecular weight is 323 g/mol. The summed E-state index contributed by atoms with van der Waals surface area (Å²) in [5, 5.41) is 9.65. The molecule has 1 aliphatic heterocycles. The summed E-state index contributed by atoms with van der Waals surface area (Å²) < 4.78 is 5.44. The highest BCUT2D eigenvalue weighted by molar-refractivity contribution is 5.97. The Labute approximate surface area is 142 Å². The minimum absolute atomic E-state index is 0.575. The molecule has 0 saturated carbocycles. The molecule has 0 spiro atoms. The zero-order valence-electron chi connectivity index (χ0n) is 14.3. The van der Waals surface area contributed by atoms with E-state index in [0.29, 0.717) is 5.69 Å². The Morgan fingerprint density at radius 2 is 1.83 bits per heavy atom. The van der Waals surface area contributed by atoms with Crippen LogP contribution in [0.2, 0.25) is 0 Å². The Kier molecular flexibility index (Phi) is 3.84. The van der Waals surface area contributed by atoms with Crippen LogP contribution in [0.4, 0.5) is 10.5 Å². The largest absolute Gasteiger partial charge is 0.496 e. The van der Waals surface area contributed by atoms with Crippen LogP contribution < -0.4 is 9.64 Å². The van der Waals surface area contributed by atoms with Gasteiger partial charge in [0.25, 0.3) is 0 Å². The number of hydrogen-bond acceptors (Lipinski definition) is 2. The van der Waals surface area contributed by atoms with E-state index in [0.717, 1.165) is 28.0 Å². The lowest BCUT2D eigenvalue weighted by Gasteiger charge is -2.39. The van der Waals surface area contributed by atoms with Crippen LogP contribution in [-0.2, 0) is 0 Å². The monoisotopic (exact) mass is 323 g/mol. The fraction of sp³-hybridized carbons (Fsp3) is 0.250. The molecule has 1 aliphatic rings. The first-order valence-corrected chi connectivity index (χ1v) is 7.85. The summed E-state index contributed by atoms with van der Waals surface area (Å²) in [5.74, 6) is 0.797. The van der Waals surface area contributed by atoms with Gasteiger partial charge < -0.3 is 9.84 Å². The van der Waals surface area contributed by atoms with Crippen LogP contribution in [0.1, 0.15) is 26.3 Å². The zero-order chi connectivity index (χ0) is 17.5. The van der Waals surface area contributed by atoms with Gasteiger partial charge in [-0.05, 0) is 50.1 Å². The number of fused-ring (bicyclic) bond motifs is 1. The van der Waals surface area contributed by atoms with Crippen molar-refractivity contribution < 1.29 is 14.6 Å². The van der Waals surface area contributed by atoms with Crippen LogP contribution in [0.15, 0.2) is 48.5 Å². The van der Waals surface area contributed by atoms with Gasteiger partial charge in [-0.1, -0.05) is 30.3 Å². The molecule has 1 amide bonds. The second kappa shape index (κ2) is 5.71. The van der Waals surface area contributed by atoms with Crippen molar-refractivity contribution in [1.29, 1.82) is 0 Å². The molecule has 2 aromatic carbocycles. The molecular formula is C20H21NO3. The molecule has 0 bridgehead atoms. The van der Waals surface area contributed by atoms with Crippen molar-refractivity contribution in [2.45, 2.75) is 26.3 Å². The highest BCUT2D eigenvalue weighted by Crippen LogP contribution is 2.41. The molecule has 0 aliphatic carbocycles. The van der Waals surface area contributed by atoms with E-state index >= 15 is 0 Å². The third-order valence-corrected chi connectivity index (χ3v) is 4.42. The number of amides is 1. The first-order chi connectivity index (χ1) is 11.3. The standard InChI is InChI=1S/C20H21NO3/c1-13-12-20(2,3)21(19(22)23)17-10-9-14(11-16(13)17)15-7-5-6-8-18(15)24-4/h5-12H,1-4H3,(H,22,23). The molecule has 0 unspecified atom stereocenters. The number of ether oxygens (including phenoxy) is 1. The van der Waals surface area contributed by atoms with E-state index in [9.17, 15) is 9.90 Å². The molecule has 4 nitrogen and oxygen atoms in total. The van der Waals surface area contributed by atoms with Gasteiger partial charge in [-0.25, -0.2) is 4.79 Å². The number of benzene rings is 2. The third kappa shape index (κ3) is 2.54. The van der Waals surface area contributed by atoms with Crippen molar-refractivity contribution in [3.05, 3.63) is 54.1 Å². The van der Waals surface area contributed by atoms with E-state index in [1.54, 1.807) is 7.11 Å². The van der Waals surface area contributed by atoms with E-state index in [1.165, 1.54) is 4.90 Å². The van der Waals surface area contributed by atoms with Crippen molar-refractivity contribution >= 4 is 17.4 Å². The number of para-hydroxylation sites is 1. The van der Waals surface area contributed by atoms with E-state index in [-0.39, 0.29) is 0 Å². The summed E-state index contributed by atoms with van der Waals surface area (Å²) in [7, 11) is 1.65. The molecular weight excluding hydrogens is 302 g/mol. The van der Waals surface area contributed by atoms with Crippen molar-refractivity contribution in [1.82, 2.24) is 0 Å². The zero-order valence-corrected chi connectivity index (χ0v) is 14.3. The van der Waals surface area contributed by atoms with Gasteiger partial charge in [0.15, 0.2) is 0 Å². The molecule has 24 heavy (non-hydrogen) atoms. The lowest BCUT2D eigenvalue weighted by atomic mass is 9.87. The maximum Gasteiger partial charge on any atom is 0.412 e. The third-order valence-electron chi connectivity index (χ3n) is 4.42. The Morgan fingerprint density at radius 1 is 1.12 bits per heavy atom. The highest BCUT2D eigenvalue weighted by Gasteiger charge is 2.35. The summed E-state index contributed by atoms with van der Waals surface area (Å²) in [6, 6.07) is 13.7. The second-order valence-corrected chi connectivity index (χ2v) is 6.53. The maximum atomic E-state index is 11.8. The van der Waals surface area contributed by atoms with Crippen molar-refractivity contribution in [3.63, 3.8) is 0 Å². The molecule has 0 saturated heterocycles. The van der Waals surface area contributed by atoms with E-state index in [2.05, 4.69) is 0 Å². The molecule has 2 aromatic rings. The molecule has 0 atom stereocenters. The van der Waals surface area contributed by atoms with Crippen molar-refractivity contribution in [3.8, 4) is 16.9 Å². The van der Waals surface area contributed by atoms with Crippen LogP contribution in [0.25, 0.3) is 16.7 Å². The number of allylic oxidation sites excluding steroid dienone is 1. The second-order valence-electron chi connectivity index (χ2n) is 6.53. The Bertz CT molecular complexity index is 837. The molecule has 3 rings (SSSR count). The quantitative estimate of drug-likeness (QED) is 0.842. The molecule has 0 aromatic heterocycles. The summed E-state index contributed by atoms with van der Waals surface area (Å²) in [6.07, 6.45) is 1.05. The normalized spacial score (nSPS) is 15.5. The minimum Gasteiger partial charge on any atom is -0.496 e. The average Bonchev–Trinajstić information content (AvgIpc) is 2.53. The number of methoxy groups -OCH3 is 1. The first kappa shape index (κ1) is 16.1. The lowest BCUT2D eigenvalue weighted by molar-refractivity contribution is 0.197. The number of anilines is 1. The number of nitrogens with zero attached hydrogens (tertiary/aromatic N) is 1. The van der Waals surface area contributed by atoms with Gasteiger partial charge >= 0.3 is 6.09 Å². The fourth-order valence-corrected chi connectivity index (χ4v) is 3.43. The maximum absolute atomic E-state index is 11.8. The van der Waals surface area contributed by atoms with Crippen LogP contribution in [0, 0.1) is 0 Å². The van der Waals surface area contributed by atoms with Gasteiger partial charge in [-0.15, -0.1) is 0 Å². The summed E-state index contributed by atoms with van der Waals surface area (Å²) in [4.78, 5) is 13.2. The summed E-state index contributed by atoms with van der Waals surface area (Å²) in [5.41, 5.74) is 4.14. The molecule has 1 N–H and O–H groups in total. The summed E-state index contributed by atoms with van der Waals surface area (Å²) in [6.45, 7) is 5.83. The first-order valence-electron chi connectivity index (χ1n) is 7.85. The highest BCUT2D eigenvalue weighted by atomic mass is 16.5. The SMILES string of the molecule is COc1ccccc1-c1ccc2c(c1)C(C)=CC(C)(C)N2C(=O)O. The lowest BCUT2D eigenvalue weighted by Crippen LogP contribution is -2.48. The number of carbonyl (C=O) groups is 1. The van der Waals surface area contributed by atoms with E-state index < -0.39 is 11.6 Å². The molecule has 0 fully saturated rings. The predicted octanol–water partition coefficient (Wildman–Crippen LogP) is 5.04. The van der Waals surface area contributed by atoms with Crippen LogP contribution >= 0.6 is 0 Å². The predicted molar refractivity (Wildman–Crippen MR) is 96.7 cm³/mol. The van der Waals surface area contributed by atoms with Gasteiger partial charge in [-0.2, -0.15) is 0 Å². The van der Waals surface area contributed by atoms with Crippen LogP contribution in [-0.4, -0.2) is 23.8 Å². The van der Waals surface area contributed by atoms with Gasteiger partial charge in [-0.3, -0.25) is 4.90 Å². The molecule has 124 valence electrons. The van der Waals surface area contributed by atoms with E-state index in [4.69, 9.17) is 4.74 Å². The van der Waals surface area contributed by atoms with E-state index in [1.807, 2.05) is 69.3 Å². The van der Waals surface area contributed by atoms with Gasteiger partial charge in [0.05, 0.1) is 18.3 Å². The fourth-order valence-electron chi connectivity index (χ4n) is 3.43.